The molecule has 0 saturated heterocycles. The normalized spacial score (nSPS) is 12.4. The number of halogens is 3. The highest BCUT2D eigenvalue weighted by Crippen LogP contribution is 2.23. The minimum absolute atomic E-state index is 0.0481. The summed E-state index contributed by atoms with van der Waals surface area (Å²) in [4.78, 5) is 26.5. The second-order valence-electron chi connectivity index (χ2n) is 8.27. The fourth-order valence-electron chi connectivity index (χ4n) is 2.64. The number of rotatable bonds is 6. The maximum atomic E-state index is 12.8. The van der Waals surface area contributed by atoms with Crippen molar-refractivity contribution in [1.29, 1.82) is 0 Å². The van der Waals surface area contributed by atoms with E-state index in [1.807, 2.05) is 25.1 Å². The molecule has 174 valence electrons. The molecule has 4 nitrogen and oxygen atoms in total. The van der Waals surface area contributed by atoms with E-state index in [-0.39, 0.29) is 6.54 Å². The summed E-state index contributed by atoms with van der Waals surface area (Å²) in [5.74, 6) is -0.500. The molecule has 0 heterocycles. The molecule has 0 radical (unpaired) electrons. The van der Waals surface area contributed by atoms with Crippen LogP contribution < -0.4 is 0 Å². The molecule has 2 aromatic rings. The fraction of sp³-hybridized carbons (Fsp3) is 0.231. The van der Waals surface area contributed by atoms with Crippen molar-refractivity contribution in [3.8, 4) is 0 Å². The third kappa shape index (κ3) is 9.47. The van der Waals surface area contributed by atoms with Crippen LogP contribution in [0.4, 0.5) is 4.79 Å². The average Bonchev–Trinajstić information content (AvgIpc) is 2.71. The zero-order valence-electron chi connectivity index (χ0n) is 18.9. The molecular formula is C26H26Cl3NO3. The lowest BCUT2D eigenvalue weighted by Crippen LogP contribution is -2.40. The van der Waals surface area contributed by atoms with Gasteiger partial charge < -0.3 is 4.74 Å². The van der Waals surface area contributed by atoms with Crippen LogP contribution in [-0.4, -0.2) is 29.0 Å². The number of amides is 2. The molecular weight excluding hydrogens is 481 g/mol. The number of allylic oxidation sites excluding steroid dienone is 2. The SMILES string of the molecule is CC(/C=C/C(=O)N(C/C=C\c1ccc(Cl)cc1)C(=O)OC(C)(C)C)=C\c1ccc(Cl)cc1Cl. The number of ether oxygens (including phenoxy) is 1. The lowest BCUT2D eigenvalue weighted by Gasteiger charge is -2.24. The fourth-order valence-corrected chi connectivity index (χ4v) is 3.23. The van der Waals surface area contributed by atoms with Crippen molar-refractivity contribution in [2.75, 3.05) is 6.54 Å². The number of hydrogen-bond acceptors (Lipinski definition) is 3. The zero-order chi connectivity index (χ0) is 24.6. The molecule has 7 heteroatoms. The second-order valence-corrected chi connectivity index (χ2v) is 9.55. The molecule has 0 aliphatic heterocycles. The highest BCUT2D eigenvalue weighted by atomic mass is 35.5. The van der Waals surface area contributed by atoms with Crippen LogP contribution in [-0.2, 0) is 9.53 Å². The molecule has 0 fully saturated rings. The molecule has 0 aromatic heterocycles. The van der Waals surface area contributed by atoms with E-state index in [2.05, 4.69) is 0 Å². The van der Waals surface area contributed by atoms with Crippen molar-refractivity contribution in [3.05, 3.63) is 92.5 Å². The third-order valence-corrected chi connectivity index (χ3v) is 5.00. The van der Waals surface area contributed by atoms with Gasteiger partial charge in [-0.25, -0.2) is 9.69 Å². The van der Waals surface area contributed by atoms with Crippen molar-refractivity contribution >= 4 is 59.0 Å². The maximum Gasteiger partial charge on any atom is 0.417 e. The summed E-state index contributed by atoms with van der Waals surface area (Å²) in [5.41, 5.74) is 1.70. The summed E-state index contributed by atoms with van der Waals surface area (Å²) < 4.78 is 5.41. The molecule has 0 atom stereocenters. The van der Waals surface area contributed by atoms with Crippen molar-refractivity contribution in [3.63, 3.8) is 0 Å². The molecule has 0 aliphatic rings. The minimum Gasteiger partial charge on any atom is -0.443 e. The Bertz CT molecular complexity index is 1080. The van der Waals surface area contributed by atoms with Gasteiger partial charge in [0.1, 0.15) is 5.60 Å². The summed E-state index contributed by atoms with van der Waals surface area (Å²) in [6.07, 6.45) is 7.57. The Morgan fingerprint density at radius 1 is 0.970 bits per heavy atom. The van der Waals surface area contributed by atoms with E-state index >= 15 is 0 Å². The Balaban J connectivity index is 2.18. The van der Waals surface area contributed by atoms with Crippen LogP contribution in [0.25, 0.3) is 12.2 Å². The van der Waals surface area contributed by atoms with Gasteiger partial charge in [-0.1, -0.05) is 82.9 Å². The number of benzene rings is 2. The Labute approximate surface area is 210 Å². The van der Waals surface area contributed by atoms with Crippen molar-refractivity contribution in [2.24, 2.45) is 0 Å². The predicted octanol–water partition coefficient (Wildman–Crippen LogP) is 8.08. The smallest absolute Gasteiger partial charge is 0.417 e. The maximum absolute atomic E-state index is 12.8. The summed E-state index contributed by atoms with van der Waals surface area (Å²) in [6, 6.07) is 12.4. The van der Waals surface area contributed by atoms with Gasteiger partial charge in [0, 0.05) is 21.1 Å². The van der Waals surface area contributed by atoms with Gasteiger partial charge in [0.25, 0.3) is 5.91 Å². The first-order chi connectivity index (χ1) is 15.4. The molecule has 33 heavy (non-hydrogen) atoms. The van der Waals surface area contributed by atoms with Gasteiger partial charge in [0.05, 0.1) is 6.54 Å². The van der Waals surface area contributed by atoms with E-state index in [1.165, 1.54) is 6.08 Å². The predicted molar refractivity (Wildman–Crippen MR) is 138 cm³/mol. The van der Waals surface area contributed by atoms with Crippen LogP contribution in [0.3, 0.4) is 0 Å². The Hall–Kier alpha value is -2.53. The molecule has 0 N–H and O–H groups in total. The first-order valence-electron chi connectivity index (χ1n) is 10.2. The van der Waals surface area contributed by atoms with Gasteiger partial charge in [0.2, 0.25) is 0 Å². The van der Waals surface area contributed by atoms with Gasteiger partial charge in [-0.3, -0.25) is 4.79 Å². The summed E-state index contributed by atoms with van der Waals surface area (Å²) >= 11 is 18.0. The average molecular weight is 507 g/mol. The summed E-state index contributed by atoms with van der Waals surface area (Å²) in [5, 5.41) is 1.68. The zero-order valence-corrected chi connectivity index (χ0v) is 21.2. The standard InChI is InChI=1S/C26H26Cl3NO3/c1-18(16-20-10-13-22(28)17-23(20)29)7-14-24(31)30(25(32)33-26(2,3)4)15-5-6-19-8-11-21(27)12-9-19/h5-14,16-17H,15H2,1-4H3/b6-5-,14-7+,18-16+. The number of carbonyl (C=O) groups is 2. The number of carbonyl (C=O) groups excluding carboxylic acids is 2. The van der Waals surface area contributed by atoms with Crippen molar-refractivity contribution < 1.29 is 14.3 Å². The van der Waals surface area contributed by atoms with Gasteiger partial charge >= 0.3 is 6.09 Å². The molecule has 0 unspecified atom stereocenters. The monoisotopic (exact) mass is 505 g/mol. The molecule has 2 rings (SSSR count). The quantitative estimate of drug-likeness (QED) is 0.294. The van der Waals surface area contributed by atoms with E-state index in [4.69, 9.17) is 39.5 Å². The van der Waals surface area contributed by atoms with Gasteiger partial charge in [-0.2, -0.15) is 0 Å². The first kappa shape index (κ1) is 26.7. The molecule has 0 spiro atoms. The molecule has 0 aliphatic carbocycles. The Morgan fingerprint density at radius 3 is 2.21 bits per heavy atom. The molecule has 2 amide bonds. The summed E-state index contributed by atoms with van der Waals surface area (Å²) in [7, 11) is 0. The largest absolute Gasteiger partial charge is 0.443 e. The van der Waals surface area contributed by atoms with Gasteiger partial charge in [-0.15, -0.1) is 0 Å². The third-order valence-electron chi connectivity index (χ3n) is 4.18. The minimum atomic E-state index is -0.736. The van der Waals surface area contributed by atoms with Gasteiger partial charge in [0.15, 0.2) is 0 Å². The van der Waals surface area contributed by atoms with Crippen LogP contribution in [0.5, 0.6) is 0 Å². The topological polar surface area (TPSA) is 46.6 Å². The van der Waals surface area contributed by atoms with Crippen LogP contribution in [0.2, 0.25) is 15.1 Å². The van der Waals surface area contributed by atoms with Crippen molar-refractivity contribution in [1.82, 2.24) is 4.90 Å². The van der Waals surface area contributed by atoms with Crippen LogP contribution in [0.1, 0.15) is 38.8 Å². The number of nitrogens with zero attached hydrogens (tertiary/aromatic N) is 1. The Morgan fingerprint density at radius 2 is 1.61 bits per heavy atom. The van der Waals surface area contributed by atoms with Crippen LogP contribution in [0, 0.1) is 0 Å². The van der Waals surface area contributed by atoms with E-state index in [1.54, 1.807) is 69.3 Å². The molecule has 2 aromatic carbocycles. The Kier molecular flexibility index (Phi) is 9.78. The molecule has 0 bridgehead atoms. The molecule has 0 saturated carbocycles. The second kappa shape index (κ2) is 12.1. The highest BCUT2D eigenvalue weighted by Gasteiger charge is 2.25. The lowest BCUT2D eigenvalue weighted by molar-refractivity contribution is -0.124. The highest BCUT2D eigenvalue weighted by molar-refractivity contribution is 6.35. The summed E-state index contributed by atoms with van der Waals surface area (Å²) in [6.45, 7) is 7.11. The lowest BCUT2D eigenvalue weighted by atomic mass is 10.1. The van der Waals surface area contributed by atoms with Crippen LogP contribution in [0.15, 0.2) is 66.3 Å². The van der Waals surface area contributed by atoms with E-state index in [0.717, 1.165) is 21.6 Å². The van der Waals surface area contributed by atoms with E-state index in [9.17, 15) is 9.59 Å². The van der Waals surface area contributed by atoms with Crippen LogP contribution >= 0.6 is 34.8 Å². The van der Waals surface area contributed by atoms with E-state index < -0.39 is 17.6 Å². The van der Waals surface area contributed by atoms with E-state index in [0.29, 0.717) is 15.1 Å². The van der Waals surface area contributed by atoms with Gasteiger partial charge in [-0.05, 0) is 63.1 Å². The first-order valence-corrected chi connectivity index (χ1v) is 11.4. The number of imide groups is 1. The number of hydrogen-bond donors (Lipinski definition) is 0. The van der Waals surface area contributed by atoms with Crippen molar-refractivity contribution in [2.45, 2.75) is 33.3 Å².